The molecule has 19 heavy (non-hydrogen) atoms. The minimum absolute atomic E-state index is 0.567. The minimum Gasteiger partial charge on any atom is -0.370 e. The molecule has 0 saturated heterocycles. The molecule has 0 radical (unpaired) electrons. The van der Waals surface area contributed by atoms with Gasteiger partial charge in [0.05, 0.1) is 0 Å². The monoisotopic (exact) mass is 318 g/mol. The summed E-state index contributed by atoms with van der Waals surface area (Å²) in [5.41, 5.74) is 10.8. The molecule has 0 bridgehead atoms. The van der Waals surface area contributed by atoms with E-state index in [-0.39, 0.29) is 0 Å². The highest BCUT2D eigenvalue weighted by atomic mass is 79.9. The van der Waals surface area contributed by atoms with Crippen LogP contribution in [0.4, 0.5) is 5.69 Å². The van der Waals surface area contributed by atoms with Crippen molar-refractivity contribution in [3.05, 3.63) is 63.6 Å². The van der Waals surface area contributed by atoms with E-state index in [4.69, 9.17) is 5.73 Å². The Morgan fingerprint density at radius 3 is 2.42 bits per heavy atom. The van der Waals surface area contributed by atoms with Crippen LogP contribution in [0.25, 0.3) is 0 Å². The summed E-state index contributed by atoms with van der Waals surface area (Å²) < 4.78 is 1.14. The Morgan fingerprint density at radius 2 is 1.74 bits per heavy atom. The van der Waals surface area contributed by atoms with Gasteiger partial charge in [0.15, 0.2) is 0 Å². The van der Waals surface area contributed by atoms with E-state index in [1.54, 1.807) is 0 Å². The molecule has 0 aliphatic rings. The Kier molecular flexibility index (Phi) is 4.61. The number of anilines is 1. The predicted molar refractivity (Wildman–Crippen MR) is 85.3 cm³/mol. The number of nitrogens with zero attached hydrogens (tertiary/aromatic N) is 1. The number of rotatable bonds is 4. The van der Waals surface area contributed by atoms with Crippen LogP contribution in [0, 0.1) is 6.92 Å². The van der Waals surface area contributed by atoms with E-state index in [0.717, 1.165) is 11.0 Å². The number of benzene rings is 2. The van der Waals surface area contributed by atoms with Crippen LogP contribution >= 0.6 is 15.9 Å². The molecule has 2 N–H and O–H groups in total. The summed E-state index contributed by atoms with van der Waals surface area (Å²) in [5, 5.41) is 0. The normalized spacial score (nSPS) is 10.5. The van der Waals surface area contributed by atoms with Crippen molar-refractivity contribution in [1.29, 1.82) is 0 Å². The number of aryl methyl sites for hydroxylation is 1. The van der Waals surface area contributed by atoms with Crippen molar-refractivity contribution < 1.29 is 0 Å². The fraction of sp³-hybridized carbons (Fsp3) is 0.250. The molecule has 0 heterocycles. The smallest absolute Gasteiger partial charge is 0.0441 e. The maximum Gasteiger partial charge on any atom is 0.0441 e. The molecule has 0 fully saturated rings. The number of halogens is 1. The van der Waals surface area contributed by atoms with Gasteiger partial charge < -0.3 is 10.6 Å². The summed E-state index contributed by atoms with van der Waals surface area (Å²) in [6.45, 7) is 3.56. The van der Waals surface area contributed by atoms with E-state index in [2.05, 4.69) is 71.2 Å². The second kappa shape index (κ2) is 6.22. The van der Waals surface area contributed by atoms with Crippen LogP contribution < -0.4 is 10.6 Å². The highest BCUT2D eigenvalue weighted by Crippen LogP contribution is 2.27. The summed E-state index contributed by atoms with van der Waals surface area (Å²) in [6, 6.07) is 14.6. The predicted octanol–water partition coefficient (Wildman–Crippen LogP) is 3.85. The van der Waals surface area contributed by atoms with Crippen molar-refractivity contribution in [3.63, 3.8) is 0 Å². The lowest BCUT2D eigenvalue weighted by molar-refractivity contribution is 0.894. The Hall–Kier alpha value is -1.32. The molecule has 0 amide bonds. The summed E-state index contributed by atoms with van der Waals surface area (Å²) >= 11 is 3.60. The summed E-state index contributed by atoms with van der Waals surface area (Å²) in [6.07, 6.45) is 0. The highest BCUT2D eigenvalue weighted by molar-refractivity contribution is 9.10. The standard InChI is InChI=1S/C16H19BrN2/c1-12-6-5-8-13(10-18)16(12)19(2)11-14-7-3-4-9-15(14)17/h3-9H,10-11,18H2,1-2H3. The van der Waals surface area contributed by atoms with E-state index in [1.807, 2.05) is 6.07 Å². The van der Waals surface area contributed by atoms with Gasteiger partial charge in [0.2, 0.25) is 0 Å². The van der Waals surface area contributed by atoms with Crippen LogP contribution in [0.15, 0.2) is 46.9 Å². The lowest BCUT2D eigenvalue weighted by atomic mass is 10.1. The number of hydrogen-bond acceptors (Lipinski definition) is 2. The summed E-state index contributed by atoms with van der Waals surface area (Å²) in [7, 11) is 2.11. The van der Waals surface area contributed by atoms with Crippen LogP contribution in [0.5, 0.6) is 0 Å². The number of hydrogen-bond donors (Lipinski definition) is 1. The summed E-state index contributed by atoms with van der Waals surface area (Å²) in [5.74, 6) is 0. The molecule has 0 spiro atoms. The molecule has 100 valence electrons. The average molecular weight is 319 g/mol. The third-order valence-corrected chi connectivity index (χ3v) is 4.06. The zero-order chi connectivity index (χ0) is 13.8. The van der Waals surface area contributed by atoms with Crippen molar-refractivity contribution >= 4 is 21.6 Å². The maximum atomic E-state index is 5.84. The zero-order valence-electron chi connectivity index (χ0n) is 11.4. The van der Waals surface area contributed by atoms with Crippen LogP contribution in [0.2, 0.25) is 0 Å². The van der Waals surface area contributed by atoms with Crippen molar-refractivity contribution in [2.45, 2.75) is 20.0 Å². The van der Waals surface area contributed by atoms with Gasteiger partial charge in [-0.15, -0.1) is 0 Å². The molecular weight excluding hydrogens is 300 g/mol. The maximum absolute atomic E-state index is 5.84. The molecule has 0 atom stereocenters. The van der Waals surface area contributed by atoms with Gasteiger partial charge in [-0.1, -0.05) is 52.3 Å². The number of para-hydroxylation sites is 1. The molecule has 2 aromatic carbocycles. The molecule has 2 aromatic rings. The first-order valence-corrected chi connectivity index (χ1v) is 7.16. The van der Waals surface area contributed by atoms with E-state index in [9.17, 15) is 0 Å². The summed E-state index contributed by atoms with van der Waals surface area (Å²) in [4.78, 5) is 2.26. The van der Waals surface area contributed by atoms with Crippen molar-refractivity contribution in [1.82, 2.24) is 0 Å². The van der Waals surface area contributed by atoms with Crippen LogP contribution in [-0.4, -0.2) is 7.05 Å². The Morgan fingerprint density at radius 1 is 1.05 bits per heavy atom. The molecule has 0 unspecified atom stereocenters. The first-order chi connectivity index (χ1) is 9.13. The third kappa shape index (κ3) is 3.17. The molecular formula is C16H19BrN2. The number of nitrogens with two attached hydrogens (primary N) is 1. The second-order valence-corrected chi connectivity index (χ2v) is 5.59. The second-order valence-electron chi connectivity index (χ2n) is 4.73. The first-order valence-electron chi connectivity index (χ1n) is 6.36. The van der Waals surface area contributed by atoms with E-state index in [0.29, 0.717) is 6.54 Å². The molecule has 0 aliphatic heterocycles. The zero-order valence-corrected chi connectivity index (χ0v) is 12.9. The van der Waals surface area contributed by atoms with Crippen LogP contribution in [-0.2, 0) is 13.1 Å². The quantitative estimate of drug-likeness (QED) is 0.927. The third-order valence-electron chi connectivity index (χ3n) is 3.29. The molecule has 2 rings (SSSR count). The topological polar surface area (TPSA) is 29.3 Å². The van der Waals surface area contributed by atoms with Gasteiger partial charge in [-0.2, -0.15) is 0 Å². The van der Waals surface area contributed by atoms with Crippen LogP contribution in [0.1, 0.15) is 16.7 Å². The Balaban J connectivity index is 2.30. The lowest BCUT2D eigenvalue weighted by Crippen LogP contribution is -2.20. The molecule has 0 aromatic heterocycles. The minimum atomic E-state index is 0.567. The van der Waals surface area contributed by atoms with E-state index >= 15 is 0 Å². The lowest BCUT2D eigenvalue weighted by Gasteiger charge is -2.25. The SMILES string of the molecule is Cc1cccc(CN)c1N(C)Cc1ccccc1Br. The van der Waals surface area contributed by atoms with Gasteiger partial charge in [0.1, 0.15) is 0 Å². The Labute approximate surface area is 123 Å². The molecule has 3 heteroatoms. The Bertz CT molecular complexity index is 566. The largest absolute Gasteiger partial charge is 0.370 e. The molecule has 0 saturated carbocycles. The van der Waals surface area contributed by atoms with Gasteiger partial charge in [0, 0.05) is 30.3 Å². The van der Waals surface area contributed by atoms with Gasteiger partial charge in [-0.25, -0.2) is 0 Å². The fourth-order valence-electron chi connectivity index (χ4n) is 2.39. The molecule has 0 aliphatic carbocycles. The van der Waals surface area contributed by atoms with Gasteiger partial charge in [-0.05, 0) is 29.7 Å². The van der Waals surface area contributed by atoms with E-state index in [1.165, 1.54) is 22.4 Å². The molecule has 2 nitrogen and oxygen atoms in total. The average Bonchev–Trinajstić information content (AvgIpc) is 2.40. The first kappa shape index (κ1) is 14.1. The van der Waals surface area contributed by atoms with Crippen LogP contribution in [0.3, 0.4) is 0 Å². The van der Waals surface area contributed by atoms with Crippen molar-refractivity contribution in [3.8, 4) is 0 Å². The van der Waals surface area contributed by atoms with Gasteiger partial charge >= 0.3 is 0 Å². The van der Waals surface area contributed by atoms with Crippen molar-refractivity contribution in [2.75, 3.05) is 11.9 Å². The highest BCUT2D eigenvalue weighted by Gasteiger charge is 2.11. The van der Waals surface area contributed by atoms with Gasteiger partial charge in [0.25, 0.3) is 0 Å². The van der Waals surface area contributed by atoms with Crippen molar-refractivity contribution in [2.24, 2.45) is 5.73 Å². The van der Waals surface area contributed by atoms with E-state index < -0.39 is 0 Å². The van der Waals surface area contributed by atoms with Gasteiger partial charge in [-0.3, -0.25) is 0 Å². The fourth-order valence-corrected chi connectivity index (χ4v) is 2.80.